The quantitative estimate of drug-likeness (QED) is 0.147. The van der Waals surface area contributed by atoms with Gasteiger partial charge in [0.15, 0.2) is 0 Å². The Morgan fingerprint density at radius 1 is 0.725 bits per heavy atom. The number of hydrogen-bond acceptors (Lipinski definition) is 8. The molecule has 12 heteroatoms. The molecule has 40 heavy (non-hydrogen) atoms. The van der Waals surface area contributed by atoms with Crippen molar-refractivity contribution in [1.29, 1.82) is 0 Å². The number of nitrogens with zero attached hydrogens (tertiary/aromatic N) is 1. The molecule has 0 saturated heterocycles. The van der Waals surface area contributed by atoms with Crippen molar-refractivity contribution in [1.82, 2.24) is 0 Å². The molecule has 1 aromatic carbocycles. The minimum absolute atomic E-state index is 0. The predicted molar refractivity (Wildman–Crippen MR) is 144 cm³/mol. The largest absolute Gasteiger partial charge is 1.00 e. The molecule has 0 spiro atoms. The van der Waals surface area contributed by atoms with Gasteiger partial charge in [-0.1, -0.05) is 13.8 Å². The number of hydrogen-bond donors (Lipinski definition) is 2. The summed E-state index contributed by atoms with van der Waals surface area (Å²) in [5.41, 5.74) is -2.03. The summed E-state index contributed by atoms with van der Waals surface area (Å²) in [6.07, 6.45) is 1.41. The summed E-state index contributed by atoms with van der Waals surface area (Å²) in [6.45, 7) is 12.2. The second-order valence-electron chi connectivity index (χ2n) is 11.3. The highest BCUT2D eigenvalue weighted by Gasteiger charge is 2.28. The van der Waals surface area contributed by atoms with Crippen LogP contribution in [0.25, 0.3) is 0 Å². The fraction of sp³-hybridized carbons (Fsp3) is 0.607. The molecule has 0 unspecified atom stereocenters. The van der Waals surface area contributed by atoms with E-state index in [2.05, 4.69) is 21.1 Å². The minimum Gasteiger partial charge on any atom is -1.00 e. The highest BCUT2D eigenvalue weighted by atomic mass is 35.5. The normalized spacial score (nSPS) is 11.2. The number of carbonyl (C=O) groups excluding carboxylic acids is 3. The second-order valence-corrected chi connectivity index (χ2v) is 11.3. The van der Waals surface area contributed by atoms with Crippen LogP contribution in [0.1, 0.15) is 85.5 Å². The fourth-order valence-electron chi connectivity index (χ4n) is 2.48. The van der Waals surface area contributed by atoms with Gasteiger partial charge in [-0.15, -0.1) is 0 Å². The molecule has 0 aromatic heterocycles. The van der Waals surface area contributed by atoms with E-state index in [0.717, 1.165) is 35.6 Å². The number of carboxylic acid groups (broad SMARTS) is 2. The summed E-state index contributed by atoms with van der Waals surface area (Å²) in [5.74, 6) is -4.23. The maximum Gasteiger partial charge on any atom is 0.338 e. The number of carboxylic acids is 2. The zero-order valence-corrected chi connectivity index (χ0v) is 25.7. The summed E-state index contributed by atoms with van der Waals surface area (Å²) in [4.78, 5) is 57.2. The van der Waals surface area contributed by atoms with Crippen molar-refractivity contribution in [3.63, 3.8) is 0 Å². The zero-order chi connectivity index (χ0) is 30.6. The van der Waals surface area contributed by atoms with Crippen LogP contribution in [-0.2, 0) is 23.8 Å². The molecule has 2 N–H and O–H groups in total. The molecule has 0 heterocycles. The summed E-state index contributed by atoms with van der Waals surface area (Å²) < 4.78 is 16.0. The van der Waals surface area contributed by atoms with E-state index in [0.29, 0.717) is 13.0 Å². The Kier molecular flexibility index (Phi) is 16.4. The molecule has 0 amide bonds. The molecular formula is C28H44ClNO10. The molecular weight excluding hydrogens is 546 g/mol. The average molecular weight is 590 g/mol. The number of aromatic carboxylic acids is 2. The zero-order valence-electron chi connectivity index (χ0n) is 25.0. The van der Waals surface area contributed by atoms with Crippen LogP contribution in [0.3, 0.4) is 0 Å². The third-order valence-corrected chi connectivity index (χ3v) is 6.13. The van der Waals surface area contributed by atoms with Gasteiger partial charge in [0.2, 0.25) is 0 Å². The van der Waals surface area contributed by atoms with E-state index in [-0.39, 0.29) is 42.6 Å². The van der Waals surface area contributed by atoms with Gasteiger partial charge in [0.05, 0.1) is 48.7 Å². The fourth-order valence-corrected chi connectivity index (χ4v) is 2.48. The first-order valence-electron chi connectivity index (χ1n) is 12.7. The molecule has 0 fully saturated rings. The Balaban J connectivity index is 0. The van der Waals surface area contributed by atoms with Crippen LogP contribution in [0, 0.1) is 10.8 Å². The van der Waals surface area contributed by atoms with E-state index < -0.39 is 40.4 Å². The van der Waals surface area contributed by atoms with Gasteiger partial charge in [-0.2, -0.15) is 0 Å². The molecule has 1 rings (SSSR count). The molecule has 0 saturated carbocycles. The van der Waals surface area contributed by atoms with Gasteiger partial charge in [-0.25, -0.2) is 14.4 Å². The molecule has 0 radical (unpaired) electrons. The van der Waals surface area contributed by atoms with Gasteiger partial charge in [0.1, 0.15) is 26.4 Å². The molecule has 11 nitrogen and oxygen atoms in total. The first kappa shape index (κ1) is 39.0. The van der Waals surface area contributed by atoms with E-state index >= 15 is 0 Å². The van der Waals surface area contributed by atoms with Crippen LogP contribution < -0.4 is 12.4 Å². The van der Waals surface area contributed by atoms with Crippen molar-refractivity contribution in [3.8, 4) is 0 Å². The lowest BCUT2D eigenvalue weighted by molar-refractivity contribution is -0.870. The maximum atomic E-state index is 11.9. The number of ether oxygens (including phenoxy) is 3. The lowest BCUT2D eigenvalue weighted by Crippen LogP contribution is -3.00. The predicted octanol–water partition coefficient (Wildman–Crippen LogP) is 0.895. The summed E-state index contributed by atoms with van der Waals surface area (Å²) in [5, 5.41) is 18.0. The number of halogens is 1. The Bertz CT molecular complexity index is 1030. The van der Waals surface area contributed by atoms with Crippen LogP contribution in [0.15, 0.2) is 18.2 Å². The lowest BCUT2D eigenvalue weighted by Gasteiger charge is -2.25. The number of benzene rings is 1. The third kappa shape index (κ3) is 13.7. The van der Waals surface area contributed by atoms with E-state index in [4.69, 9.17) is 24.4 Å². The summed E-state index contributed by atoms with van der Waals surface area (Å²) in [7, 11) is 6.25. The van der Waals surface area contributed by atoms with E-state index in [1.165, 1.54) is 0 Å². The molecule has 0 aliphatic rings. The summed E-state index contributed by atoms with van der Waals surface area (Å²) in [6, 6.07) is 3.11. The maximum absolute atomic E-state index is 11.9. The van der Waals surface area contributed by atoms with Crippen LogP contribution in [-0.4, -0.2) is 92.1 Å². The Morgan fingerprint density at radius 2 is 1.15 bits per heavy atom. The standard InChI is InChI=1S/C17H20O8.C11H24NO2.ClH/c1-4-17(2,3)16(23)25-8-7-24-15(22)10-5-6-11(13(18)19)12(9-10)14(20)21;1-7-11(2,3)10(13)14-9-8-12(4,5)6;/h5-6,9H,4,7-8H2,1-3H3,(H,18,19)(H,20,21);7-9H2,1-6H3;1H/q;+1;/p-1. The SMILES string of the molecule is CCC(C)(C)C(=O)OCCOC(=O)c1ccc(C(=O)O)c(C(=O)O)c1.CCC(C)(C)C(=O)OCC[N+](C)(C)C.[Cl-]. The number of quaternary nitrogens is 1. The van der Waals surface area contributed by atoms with Gasteiger partial charge in [0.25, 0.3) is 0 Å². The van der Waals surface area contributed by atoms with E-state index in [1.807, 2.05) is 27.7 Å². The van der Waals surface area contributed by atoms with Crippen molar-refractivity contribution in [2.75, 3.05) is 47.5 Å². The lowest BCUT2D eigenvalue weighted by atomic mass is 9.91. The van der Waals surface area contributed by atoms with Gasteiger partial charge in [0, 0.05) is 0 Å². The molecule has 0 bridgehead atoms. The number of rotatable bonds is 13. The van der Waals surface area contributed by atoms with Crippen molar-refractivity contribution in [3.05, 3.63) is 34.9 Å². The Labute approximate surface area is 242 Å². The Hall–Kier alpha value is -3.18. The first-order chi connectivity index (χ1) is 17.8. The van der Waals surface area contributed by atoms with Gasteiger partial charge in [-0.05, 0) is 58.7 Å². The second kappa shape index (κ2) is 16.8. The molecule has 0 aliphatic carbocycles. The van der Waals surface area contributed by atoms with Gasteiger partial charge < -0.3 is 41.3 Å². The smallest absolute Gasteiger partial charge is 0.338 e. The molecule has 0 aliphatic heterocycles. The average Bonchev–Trinajstić information content (AvgIpc) is 2.85. The van der Waals surface area contributed by atoms with Crippen LogP contribution in [0.2, 0.25) is 0 Å². The number of esters is 3. The summed E-state index contributed by atoms with van der Waals surface area (Å²) >= 11 is 0. The highest BCUT2D eigenvalue weighted by Crippen LogP contribution is 2.22. The number of carbonyl (C=O) groups is 5. The van der Waals surface area contributed by atoms with Gasteiger partial charge in [-0.3, -0.25) is 9.59 Å². The molecule has 228 valence electrons. The topological polar surface area (TPSA) is 154 Å². The van der Waals surface area contributed by atoms with Crippen LogP contribution in [0.5, 0.6) is 0 Å². The number of likely N-dealkylation sites (N-methyl/N-ethyl adjacent to an activating group) is 1. The van der Waals surface area contributed by atoms with Crippen molar-refractivity contribution in [2.45, 2.75) is 54.4 Å². The minimum atomic E-state index is -1.47. The van der Waals surface area contributed by atoms with Gasteiger partial charge >= 0.3 is 29.8 Å². The monoisotopic (exact) mass is 589 g/mol. The van der Waals surface area contributed by atoms with Crippen LogP contribution >= 0.6 is 0 Å². The van der Waals surface area contributed by atoms with E-state index in [9.17, 15) is 24.0 Å². The van der Waals surface area contributed by atoms with Crippen LogP contribution in [0.4, 0.5) is 0 Å². The van der Waals surface area contributed by atoms with Crippen molar-refractivity contribution < 1.29 is 65.3 Å². The van der Waals surface area contributed by atoms with E-state index in [1.54, 1.807) is 13.8 Å². The highest BCUT2D eigenvalue weighted by molar-refractivity contribution is 6.03. The molecule has 0 atom stereocenters. The third-order valence-electron chi connectivity index (χ3n) is 6.13. The Morgan fingerprint density at radius 3 is 1.55 bits per heavy atom. The van der Waals surface area contributed by atoms with Crippen molar-refractivity contribution in [2.24, 2.45) is 10.8 Å². The molecule has 1 aromatic rings. The first-order valence-corrected chi connectivity index (χ1v) is 12.7. The van der Waals surface area contributed by atoms with Crippen molar-refractivity contribution >= 4 is 29.8 Å².